The van der Waals surface area contributed by atoms with Crippen LogP contribution >= 0.6 is 24.8 Å². The zero-order chi connectivity index (χ0) is 17.1. The molecule has 0 radical (unpaired) electrons. The Morgan fingerprint density at radius 2 is 1.72 bits per heavy atom. The van der Waals surface area contributed by atoms with E-state index < -0.39 is 14.6 Å². The van der Waals surface area contributed by atoms with Gasteiger partial charge in [-0.15, -0.1) is 24.8 Å². The van der Waals surface area contributed by atoms with Gasteiger partial charge >= 0.3 is 0 Å². The molecule has 2 aliphatic heterocycles. The van der Waals surface area contributed by atoms with E-state index in [0.29, 0.717) is 31.8 Å². The number of carbonyl (C=O) groups is 1. The van der Waals surface area contributed by atoms with Gasteiger partial charge in [-0.1, -0.05) is 13.8 Å². The number of rotatable bonds is 5. The molecule has 2 heterocycles. The Kier molecular flexibility index (Phi) is 10.3. The van der Waals surface area contributed by atoms with E-state index in [1.807, 2.05) is 0 Å². The van der Waals surface area contributed by atoms with Crippen LogP contribution in [0.2, 0.25) is 0 Å². The minimum absolute atomic E-state index is 0. The summed E-state index contributed by atoms with van der Waals surface area (Å²) in [4.78, 5) is 15.2. The summed E-state index contributed by atoms with van der Waals surface area (Å²) in [6.07, 6.45) is 3.73. The van der Waals surface area contributed by atoms with Crippen molar-refractivity contribution in [3.05, 3.63) is 0 Å². The van der Waals surface area contributed by atoms with Crippen LogP contribution in [0.25, 0.3) is 0 Å². The van der Waals surface area contributed by atoms with Crippen LogP contribution < -0.4 is 10.6 Å². The average Bonchev–Trinajstić information content (AvgIpc) is 2.48. The molecule has 0 aliphatic carbocycles. The molecule has 2 rings (SSSR count). The smallest absolute Gasteiger partial charge is 0.241 e. The molecule has 6 nitrogen and oxygen atoms in total. The first-order valence-electron chi connectivity index (χ1n) is 8.68. The van der Waals surface area contributed by atoms with E-state index in [0.717, 1.165) is 32.5 Å². The normalized spacial score (nSPS) is 21.9. The Hall–Kier alpha value is -0.0800. The van der Waals surface area contributed by atoms with Crippen LogP contribution in [0, 0.1) is 5.92 Å². The summed E-state index contributed by atoms with van der Waals surface area (Å²) < 4.78 is 23.3. The largest absolute Gasteiger partial charge is 0.352 e. The molecule has 0 aromatic rings. The molecule has 2 aliphatic rings. The lowest BCUT2D eigenvalue weighted by Crippen LogP contribution is -2.59. The van der Waals surface area contributed by atoms with Crippen LogP contribution in [0.15, 0.2) is 0 Å². The quantitative estimate of drug-likeness (QED) is 0.702. The molecule has 2 saturated heterocycles. The van der Waals surface area contributed by atoms with Gasteiger partial charge in [0.1, 0.15) is 0 Å². The van der Waals surface area contributed by atoms with E-state index in [2.05, 4.69) is 29.4 Å². The molecule has 0 aromatic carbocycles. The van der Waals surface area contributed by atoms with E-state index >= 15 is 0 Å². The van der Waals surface area contributed by atoms with Gasteiger partial charge in [0.15, 0.2) is 14.6 Å². The van der Waals surface area contributed by atoms with Crippen LogP contribution in [-0.4, -0.2) is 69.0 Å². The molecule has 0 unspecified atom stereocenters. The first-order chi connectivity index (χ1) is 10.7. The van der Waals surface area contributed by atoms with Gasteiger partial charge < -0.3 is 15.5 Å². The minimum atomic E-state index is -3.43. The third kappa shape index (κ3) is 6.24. The molecule has 9 heteroatoms. The molecule has 0 spiro atoms. The summed E-state index contributed by atoms with van der Waals surface area (Å²) in [5, 5.41) is 6.18. The van der Waals surface area contributed by atoms with Crippen LogP contribution in [0.3, 0.4) is 0 Å². The second-order valence-electron chi connectivity index (χ2n) is 7.46. The van der Waals surface area contributed by atoms with Gasteiger partial charge in [-0.05, 0) is 44.7 Å². The molecule has 0 saturated carbocycles. The maximum atomic E-state index is 12.8. The van der Waals surface area contributed by atoms with Crippen LogP contribution in [0.4, 0.5) is 0 Å². The highest BCUT2D eigenvalue weighted by Gasteiger charge is 2.49. The van der Waals surface area contributed by atoms with Gasteiger partial charge in [0.05, 0.1) is 0 Å². The second-order valence-corrected chi connectivity index (χ2v) is 9.78. The number of amides is 1. The van der Waals surface area contributed by atoms with Crippen molar-refractivity contribution >= 4 is 40.6 Å². The van der Waals surface area contributed by atoms with Crippen molar-refractivity contribution in [1.29, 1.82) is 0 Å². The molecule has 25 heavy (non-hydrogen) atoms. The lowest BCUT2D eigenvalue weighted by atomic mass is 9.94. The van der Waals surface area contributed by atoms with Crippen molar-refractivity contribution in [3.63, 3.8) is 0 Å². The maximum Gasteiger partial charge on any atom is 0.241 e. The van der Waals surface area contributed by atoms with Gasteiger partial charge in [-0.3, -0.25) is 4.79 Å². The molecule has 2 N–H and O–H groups in total. The number of piperidine rings is 2. The Balaban J connectivity index is 0.00000288. The fraction of sp³-hybridized carbons (Fsp3) is 0.938. The third-order valence-electron chi connectivity index (χ3n) is 5.08. The van der Waals surface area contributed by atoms with Crippen LogP contribution in [0.1, 0.15) is 39.5 Å². The summed E-state index contributed by atoms with van der Waals surface area (Å²) >= 11 is 0. The Labute approximate surface area is 164 Å². The van der Waals surface area contributed by atoms with Crippen molar-refractivity contribution in [1.82, 2.24) is 15.5 Å². The van der Waals surface area contributed by atoms with Crippen molar-refractivity contribution in [2.45, 2.75) is 50.3 Å². The summed E-state index contributed by atoms with van der Waals surface area (Å²) in [7, 11) is -3.43. The van der Waals surface area contributed by atoms with E-state index in [1.165, 1.54) is 6.26 Å². The van der Waals surface area contributed by atoms with Crippen LogP contribution in [-0.2, 0) is 14.6 Å². The maximum absolute atomic E-state index is 12.8. The third-order valence-corrected chi connectivity index (χ3v) is 7.09. The van der Waals surface area contributed by atoms with E-state index in [9.17, 15) is 13.2 Å². The molecule has 0 atom stereocenters. The zero-order valence-corrected chi connectivity index (χ0v) is 17.9. The van der Waals surface area contributed by atoms with Gasteiger partial charge in [-0.25, -0.2) is 8.42 Å². The zero-order valence-electron chi connectivity index (χ0n) is 15.4. The highest BCUT2D eigenvalue weighted by atomic mass is 35.5. The monoisotopic (exact) mass is 417 g/mol. The second kappa shape index (κ2) is 10.3. The number of halogens is 2. The number of sulfone groups is 1. The summed E-state index contributed by atoms with van der Waals surface area (Å²) in [5.74, 6) is 0.355. The lowest BCUT2D eigenvalue weighted by Gasteiger charge is -2.38. The van der Waals surface area contributed by atoms with Crippen LogP contribution in [0.5, 0.6) is 0 Å². The fourth-order valence-electron chi connectivity index (χ4n) is 3.69. The van der Waals surface area contributed by atoms with Gasteiger partial charge in [-0.2, -0.15) is 0 Å². The van der Waals surface area contributed by atoms with Gasteiger partial charge in [0, 0.05) is 31.9 Å². The summed E-state index contributed by atoms with van der Waals surface area (Å²) in [6, 6.07) is 0.0967. The number of nitrogens with zero attached hydrogens (tertiary/aromatic N) is 1. The molecular weight excluding hydrogens is 385 g/mol. The highest BCUT2D eigenvalue weighted by Crippen LogP contribution is 2.28. The van der Waals surface area contributed by atoms with E-state index in [-0.39, 0.29) is 36.8 Å². The molecule has 0 aromatic heterocycles. The summed E-state index contributed by atoms with van der Waals surface area (Å²) in [6.45, 7) is 8.59. The lowest BCUT2D eigenvalue weighted by molar-refractivity contribution is -0.125. The Morgan fingerprint density at radius 1 is 1.20 bits per heavy atom. The van der Waals surface area contributed by atoms with E-state index in [1.54, 1.807) is 0 Å². The topological polar surface area (TPSA) is 78.5 Å². The fourth-order valence-corrected chi connectivity index (χ4v) is 5.03. The standard InChI is InChI=1S/C16H31N3O3S.2ClH/c1-13(2)12-19-10-4-14(5-11-19)18-15(20)16(23(3,21)22)6-8-17-9-7-16;;/h13-14,17H,4-12H2,1-3H3,(H,18,20);2*1H. The Bertz CT molecular complexity index is 515. The van der Waals surface area contributed by atoms with Crippen molar-refractivity contribution < 1.29 is 13.2 Å². The molecule has 1 amide bonds. The number of likely N-dealkylation sites (tertiary alicyclic amines) is 1. The number of hydrogen-bond acceptors (Lipinski definition) is 5. The van der Waals surface area contributed by atoms with Gasteiger partial charge in [0.25, 0.3) is 0 Å². The molecule has 150 valence electrons. The number of hydrogen-bond donors (Lipinski definition) is 2. The van der Waals surface area contributed by atoms with Crippen molar-refractivity contribution in [3.8, 4) is 0 Å². The minimum Gasteiger partial charge on any atom is -0.352 e. The SMILES string of the molecule is CC(C)CN1CCC(NC(=O)C2(S(C)(=O)=O)CCNCC2)CC1.Cl.Cl. The first-order valence-corrected chi connectivity index (χ1v) is 10.6. The van der Waals surface area contributed by atoms with Crippen molar-refractivity contribution in [2.24, 2.45) is 5.92 Å². The average molecular weight is 418 g/mol. The molecule has 0 bridgehead atoms. The Morgan fingerprint density at radius 3 is 2.16 bits per heavy atom. The predicted molar refractivity (Wildman–Crippen MR) is 107 cm³/mol. The van der Waals surface area contributed by atoms with E-state index in [4.69, 9.17) is 0 Å². The first kappa shape index (κ1) is 24.9. The summed E-state index contributed by atoms with van der Waals surface area (Å²) in [5.41, 5.74) is 0. The molecular formula is C16H33Cl2N3O3S. The molecule has 2 fully saturated rings. The number of carbonyl (C=O) groups excluding carboxylic acids is 1. The highest BCUT2D eigenvalue weighted by molar-refractivity contribution is 7.92. The number of nitrogens with one attached hydrogen (secondary N) is 2. The van der Waals surface area contributed by atoms with Crippen molar-refractivity contribution in [2.75, 3.05) is 39.0 Å². The van der Waals surface area contributed by atoms with Gasteiger partial charge in [0.2, 0.25) is 5.91 Å². The predicted octanol–water partition coefficient (Wildman–Crippen LogP) is 1.23.